The predicted molar refractivity (Wildman–Crippen MR) is 74.9 cm³/mol. The maximum absolute atomic E-state index is 12.1. The Hall–Kier alpha value is -1.41. The number of aromatic amines is 1. The van der Waals surface area contributed by atoms with E-state index in [1.807, 2.05) is 0 Å². The minimum absolute atomic E-state index is 0.0321. The molecule has 1 aromatic carbocycles. The molecule has 0 saturated carbocycles. The molecule has 0 spiro atoms. The lowest BCUT2D eigenvalue weighted by Crippen LogP contribution is -2.26. The number of halogens is 1. The fraction of sp³-hybridized carbons (Fsp3) is 0.250. The largest absolute Gasteiger partial charge is 0.392 e. The van der Waals surface area contributed by atoms with E-state index in [1.54, 1.807) is 12.3 Å². The first-order chi connectivity index (χ1) is 9.53. The number of aliphatic hydroxyl groups is 1. The topological polar surface area (TPSA) is 95.1 Å². The number of nitrogens with one attached hydrogen (secondary N) is 2. The van der Waals surface area contributed by atoms with Gasteiger partial charge in [0.1, 0.15) is 4.90 Å². The molecular weight excluding hydrogens is 302 g/mol. The first-order valence-electron chi connectivity index (χ1n) is 5.89. The van der Waals surface area contributed by atoms with Crippen LogP contribution >= 0.6 is 11.6 Å². The number of rotatable bonds is 6. The molecule has 0 aliphatic heterocycles. The molecule has 108 valence electrons. The summed E-state index contributed by atoms with van der Waals surface area (Å²) in [6.45, 7) is -0.0158. The summed E-state index contributed by atoms with van der Waals surface area (Å²) in [7, 11) is -3.70. The minimum Gasteiger partial charge on any atom is -0.392 e. The molecule has 3 N–H and O–H groups in total. The molecule has 0 saturated heterocycles. The highest BCUT2D eigenvalue weighted by Gasteiger charge is 2.18. The lowest BCUT2D eigenvalue weighted by molar-refractivity contribution is 0.281. The predicted octanol–water partition coefficient (Wildman–Crippen LogP) is 1.08. The lowest BCUT2D eigenvalue weighted by atomic mass is 10.2. The van der Waals surface area contributed by atoms with Gasteiger partial charge in [-0.25, -0.2) is 18.1 Å². The molecule has 0 aliphatic carbocycles. The molecule has 8 heteroatoms. The molecule has 0 bridgehead atoms. The van der Waals surface area contributed by atoms with Crippen LogP contribution in [0.5, 0.6) is 0 Å². The molecule has 0 fully saturated rings. The standard InChI is InChI=1S/C12H14ClN3O3S/c13-11-2-1-9(7-17)5-12(11)20(18,19)16-4-3-10-6-14-8-15-10/h1-2,5-6,8,16-17H,3-4,7H2,(H,14,15). The van der Waals surface area contributed by atoms with Crippen LogP contribution < -0.4 is 4.72 Å². The lowest BCUT2D eigenvalue weighted by Gasteiger charge is -2.09. The molecular formula is C12H14ClN3O3S. The Morgan fingerprint density at radius 1 is 1.40 bits per heavy atom. The number of nitrogens with zero attached hydrogens (tertiary/aromatic N) is 1. The van der Waals surface area contributed by atoms with E-state index >= 15 is 0 Å². The summed E-state index contributed by atoms with van der Waals surface area (Å²) in [6, 6.07) is 4.39. The van der Waals surface area contributed by atoms with Crippen LogP contribution in [0.2, 0.25) is 5.02 Å². The molecule has 6 nitrogen and oxygen atoms in total. The van der Waals surface area contributed by atoms with Gasteiger partial charge in [-0.2, -0.15) is 0 Å². The average molecular weight is 316 g/mol. The van der Waals surface area contributed by atoms with Crippen molar-refractivity contribution < 1.29 is 13.5 Å². The molecule has 0 unspecified atom stereocenters. The Balaban J connectivity index is 2.09. The number of aromatic nitrogens is 2. The fourth-order valence-electron chi connectivity index (χ4n) is 1.67. The molecule has 0 amide bonds. The minimum atomic E-state index is -3.70. The molecule has 0 radical (unpaired) electrons. The van der Waals surface area contributed by atoms with Gasteiger partial charge >= 0.3 is 0 Å². The van der Waals surface area contributed by atoms with E-state index in [9.17, 15) is 8.42 Å². The van der Waals surface area contributed by atoms with Crippen LogP contribution in [0.3, 0.4) is 0 Å². The van der Waals surface area contributed by atoms with Crippen molar-refractivity contribution in [3.8, 4) is 0 Å². The molecule has 1 heterocycles. The van der Waals surface area contributed by atoms with Crippen molar-refractivity contribution in [2.24, 2.45) is 0 Å². The highest BCUT2D eigenvalue weighted by Crippen LogP contribution is 2.22. The third kappa shape index (κ3) is 3.57. The number of H-pyrrole nitrogens is 1. The van der Waals surface area contributed by atoms with E-state index in [4.69, 9.17) is 16.7 Å². The number of imidazole rings is 1. The molecule has 2 aromatic rings. The highest BCUT2D eigenvalue weighted by molar-refractivity contribution is 7.89. The second-order valence-electron chi connectivity index (χ2n) is 4.15. The zero-order valence-corrected chi connectivity index (χ0v) is 12.1. The van der Waals surface area contributed by atoms with Gasteiger partial charge in [-0.05, 0) is 17.7 Å². The maximum atomic E-state index is 12.1. The molecule has 0 aliphatic rings. The summed E-state index contributed by atoms with van der Waals surface area (Å²) in [5, 5.41) is 9.17. The maximum Gasteiger partial charge on any atom is 0.242 e. The Kier molecular flexibility index (Phi) is 4.77. The van der Waals surface area contributed by atoms with E-state index in [2.05, 4.69) is 14.7 Å². The first-order valence-corrected chi connectivity index (χ1v) is 7.75. The van der Waals surface area contributed by atoms with Crippen LogP contribution in [-0.2, 0) is 23.1 Å². The van der Waals surface area contributed by atoms with Gasteiger partial charge in [0.15, 0.2) is 0 Å². The number of hydrogen-bond acceptors (Lipinski definition) is 4. The fourth-order valence-corrected chi connectivity index (χ4v) is 3.25. The molecule has 20 heavy (non-hydrogen) atoms. The molecule has 0 atom stereocenters. The highest BCUT2D eigenvalue weighted by atomic mass is 35.5. The van der Waals surface area contributed by atoms with Crippen LogP contribution in [0.15, 0.2) is 35.6 Å². The molecule has 1 aromatic heterocycles. The van der Waals surface area contributed by atoms with Crippen molar-refractivity contribution in [3.63, 3.8) is 0 Å². The number of hydrogen-bond donors (Lipinski definition) is 3. The summed E-state index contributed by atoms with van der Waals surface area (Å²) < 4.78 is 26.8. The summed E-state index contributed by atoms with van der Waals surface area (Å²) in [5.41, 5.74) is 1.33. The van der Waals surface area contributed by atoms with Gasteiger partial charge < -0.3 is 10.1 Å². The Morgan fingerprint density at radius 2 is 2.20 bits per heavy atom. The normalized spacial score (nSPS) is 11.7. The number of benzene rings is 1. The van der Waals surface area contributed by atoms with Crippen LogP contribution in [0.25, 0.3) is 0 Å². The van der Waals surface area contributed by atoms with Gasteiger partial charge in [0.25, 0.3) is 0 Å². The van der Waals surface area contributed by atoms with Crippen molar-refractivity contribution in [2.45, 2.75) is 17.9 Å². The zero-order chi connectivity index (χ0) is 14.6. The van der Waals surface area contributed by atoms with Crippen molar-refractivity contribution in [1.82, 2.24) is 14.7 Å². The van der Waals surface area contributed by atoms with Crippen molar-refractivity contribution >= 4 is 21.6 Å². The SMILES string of the molecule is O=S(=O)(NCCc1cnc[nH]1)c1cc(CO)ccc1Cl. The third-order valence-corrected chi connectivity index (χ3v) is 4.65. The van der Waals surface area contributed by atoms with Crippen molar-refractivity contribution in [1.29, 1.82) is 0 Å². The first kappa shape index (κ1) is 15.0. The second kappa shape index (κ2) is 6.36. The van der Waals surface area contributed by atoms with Crippen molar-refractivity contribution in [3.05, 3.63) is 47.0 Å². The Morgan fingerprint density at radius 3 is 2.85 bits per heavy atom. The number of aliphatic hydroxyl groups excluding tert-OH is 1. The average Bonchev–Trinajstić information content (AvgIpc) is 2.92. The second-order valence-corrected chi connectivity index (χ2v) is 6.29. The van der Waals surface area contributed by atoms with Gasteiger partial charge in [-0.3, -0.25) is 0 Å². The summed E-state index contributed by atoms with van der Waals surface area (Å²) >= 11 is 5.90. The van der Waals surface area contributed by atoms with E-state index < -0.39 is 10.0 Å². The van der Waals surface area contributed by atoms with Crippen LogP contribution in [0.4, 0.5) is 0 Å². The smallest absolute Gasteiger partial charge is 0.242 e. The van der Waals surface area contributed by atoms with Gasteiger partial charge in [0, 0.05) is 24.9 Å². The van der Waals surface area contributed by atoms with Gasteiger partial charge in [0.05, 0.1) is 18.0 Å². The van der Waals surface area contributed by atoms with Crippen LogP contribution in [0.1, 0.15) is 11.3 Å². The zero-order valence-electron chi connectivity index (χ0n) is 10.5. The van der Waals surface area contributed by atoms with E-state index in [0.717, 1.165) is 5.69 Å². The Bertz CT molecular complexity index is 671. The summed E-state index contributed by atoms with van der Waals surface area (Å²) in [4.78, 5) is 6.71. The monoisotopic (exact) mass is 315 g/mol. The van der Waals surface area contributed by atoms with Gasteiger partial charge in [0.2, 0.25) is 10.0 Å². The van der Waals surface area contributed by atoms with Gasteiger partial charge in [-0.1, -0.05) is 17.7 Å². The summed E-state index contributed by atoms with van der Waals surface area (Å²) in [6.07, 6.45) is 3.66. The number of sulfonamides is 1. The van der Waals surface area contributed by atoms with Crippen LogP contribution in [-0.4, -0.2) is 30.0 Å². The Labute approximate surface area is 121 Å². The van der Waals surface area contributed by atoms with E-state index in [-0.39, 0.29) is 23.1 Å². The molecule has 2 rings (SSSR count). The summed E-state index contributed by atoms with van der Waals surface area (Å²) in [5.74, 6) is 0. The van der Waals surface area contributed by atoms with E-state index in [1.165, 1.54) is 18.5 Å². The van der Waals surface area contributed by atoms with E-state index in [0.29, 0.717) is 12.0 Å². The third-order valence-electron chi connectivity index (χ3n) is 2.71. The van der Waals surface area contributed by atoms with Gasteiger partial charge in [-0.15, -0.1) is 0 Å². The van der Waals surface area contributed by atoms with Crippen LogP contribution in [0, 0.1) is 0 Å². The quantitative estimate of drug-likeness (QED) is 0.743. The van der Waals surface area contributed by atoms with Crippen molar-refractivity contribution in [2.75, 3.05) is 6.54 Å².